The number of nitrogens with zero attached hydrogens (tertiary/aromatic N) is 2. The Morgan fingerprint density at radius 2 is 2.09 bits per heavy atom. The molecule has 130 valence electrons. The van der Waals surface area contributed by atoms with Crippen LogP contribution >= 0.6 is 23.1 Å². The second kappa shape index (κ2) is 8.91. The largest absolute Gasteiger partial charge is 0.355 e. The molecule has 23 heavy (non-hydrogen) atoms. The van der Waals surface area contributed by atoms with E-state index in [1.807, 2.05) is 0 Å². The van der Waals surface area contributed by atoms with Crippen molar-refractivity contribution in [3.8, 4) is 0 Å². The molecule has 0 aromatic carbocycles. The Bertz CT molecular complexity index is 622. The van der Waals surface area contributed by atoms with Crippen molar-refractivity contribution in [3.63, 3.8) is 0 Å². The van der Waals surface area contributed by atoms with Gasteiger partial charge in [0.05, 0.1) is 12.3 Å². The quantitative estimate of drug-likeness (QED) is 0.575. The van der Waals surface area contributed by atoms with Crippen LogP contribution in [0.4, 0.5) is 0 Å². The zero-order chi connectivity index (χ0) is 16.7. The highest BCUT2D eigenvalue weighted by Crippen LogP contribution is 2.15. The first kappa shape index (κ1) is 18.6. The highest BCUT2D eigenvalue weighted by molar-refractivity contribution is 7.99. The van der Waals surface area contributed by atoms with Crippen LogP contribution in [0.5, 0.6) is 0 Å². The van der Waals surface area contributed by atoms with Gasteiger partial charge in [-0.2, -0.15) is 11.8 Å². The maximum atomic E-state index is 12.3. The summed E-state index contributed by atoms with van der Waals surface area (Å²) < 4.78 is 26.1. The molecule has 1 aromatic rings. The van der Waals surface area contributed by atoms with Crippen LogP contribution in [0.1, 0.15) is 10.4 Å². The number of guanidine groups is 1. The standard InChI is InChI=1S/C14H24N4O2S3/c1-12-3-7-22-13(12)11-17-14(15-2)16-4-10-23(19,20)18-5-8-21-9-6-18/h3,7H,4-6,8-11H2,1-2H3,(H2,15,16,17). The van der Waals surface area contributed by atoms with Crippen molar-refractivity contribution in [2.24, 2.45) is 4.99 Å². The summed E-state index contributed by atoms with van der Waals surface area (Å²) >= 11 is 3.50. The van der Waals surface area contributed by atoms with Gasteiger partial charge in [-0.05, 0) is 23.9 Å². The Morgan fingerprint density at radius 3 is 2.70 bits per heavy atom. The van der Waals surface area contributed by atoms with E-state index < -0.39 is 10.0 Å². The smallest absolute Gasteiger partial charge is 0.215 e. The van der Waals surface area contributed by atoms with Crippen molar-refractivity contribution in [1.82, 2.24) is 14.9 Å². The van der Waals surface area contributed by atoms with Gasteiger partial charge in [-0.3, -0.25) is 4.99 Å². The lowest BCUT2D eigenvalue weighted by atomic mass is 10.3. The van der Waals surface area contributed by atoms with Crippen LogP contribution in [0, 0.1) is 6.92 Å². The van der Waals surface area contributed by atoms with Gasteiger partial charge in [0.2, 0.25) is 10.0 Å². The normalized spacial score (nSPS) is 17.2. The number of aliphatic imine (C=N–C) groups is 1. The van der Waals surface area contributed by atoms with E-state index in [9.17, 15) is 8.42 Å². The van der Waals surface area contributed by atoms with Gasteiger partial charge in [0.25, 0.3) is 0 Å². The Labute approximate surface area is 146 Å². The van der Waals surface area contributed by atoms with E-state index in [4.69, 9.17) is 0 Å². The van der Waals surface area contributed by atoms with E-state index in [0.717, 1.165) is 11.5 Å². The average molecular weight is 377 g/mol. The third kappa shape index (κ3) is 5.66. The predicted molar refractivity (Wildman–Crippen MR) is 99.9 cm³/mol. The molecule has 0 atom stereocenters. The number of rotatable bonds is 6. The van der Waals surface area contributed by atoms with Crippen molar-refractivity contribution < 1.29 is 8.42 Å². The lowest BCUT2D eigenvalue weighted by molar-refractivity contribution is 0.443. The first-order valence-electron chi connectivity index (χ1n) is 7.56. The van der Waals surface area contributed by atoms with Gasteiger partial charge >= 0.3 is 0 Å². The first-order valence-corrected chi connectivity index (χ1v) is 11.2. The first-order chi connectivity index (χ1) is 11.0. The summed E-state index contributed by atoms with van der Waals surface area (Å²) in [7, 11) is -1.49. The lowest BCUT2D eigenvalue weighted by Gasteiger charge is -2.25. The summed E-state index contributed by atoms with van der Waals surface area (Å²) in [4.78, 5) is 5.39. The Kier molecular flexibility index (Phi) is 7.19. The fourth-order valence-corrected chi connectivity index (χ4v) is 5.56. The molecule has 2 N–H and O–H groups in total. The molecule has 0 spiro atoms. The molecular weight excluding hydrogens is 352 g/mol. The number of sulfonamides is 1. The van der Waals surface area contributed by atoms with Gasteiger partial charge in [0, 0.05) is 43.1 Å². The van der Waals surface area contributed by atoms with E-state index in [1.54, 1.807) is 34.5 Å². The van der Waals surface area contributed by atoms with Gasteiger partial charge < -0.3 is 10.6 Å². The molecule has 1 saturated heterocycles. The van der Waals surface area contributed by atoms with Gasteiger partial charge in [-0.1, -0.05) is 0 Å². The highest BCUT2D eigenvalue weighted by atomic mass is 32.2. The van der Waals surface area contributed by atoms with Crippen molar-refractivity contribution in [1.29, 1.82) is 0 Å². The molecule has 0 amide bonds. The number of nitrogens with one attached hydrogen (secondary N) is 2. The maximum Gasteiger partial charge on any atom is 0.215 e. The van der Waals surface area contributed by atoms with Crippen LogP contribution in [0.3, 0.4) is 0 Å². The molecule has 6 nitrogen and oxygen atoms in total. The average Bonchev–Trinajstić information content (AvgIpc) is 2.96. The SMILES string of the molecule is CN=C(NCCS(=O)(=O)N1CCSCC1)NCc1sccc1C. The minimum Gasteiger partial charge on any atom is -0.355 e. The third-order valence-corrected chi connectivity index (χ3v) is 7.46. The van der Waals surface area contributed by atoms with E-state index in [-0.39, 0.29) is 5.75 Å². The number of thioether (sulfide) groups is 1. The number of hydrogen-bond donors (Lipinski definition) is 2. The van der Waals surface area contributed by atoms with Gasteiger partial charge in [-0.25, -0.2) is 12.7 Å². The van der Waals surface area contributed by atoms with Crippen LogP contribution in [0.25, 0.3) is 0 Å². The molecule has 0 saturated carbocycles. The van der Waals surface area contributed by atoms with E-state index in [1.165, 1.54) is 10.4 Å². The zero-order valence-corrected chi connectivity index (χ0v) is 16.0. The Hall–Kier alpha value is -0.770. The number of aryl methyl sites for hydroxylation is 1. The van der Waals surface area contributed by atoms with Crippen LogP contribution in [-0.2, 0) is 16.6 Å². The van der Waals surface area contributed by atoms with Crippen molar-refractivity contribution in [2.75, 3.05) is 43.9 Å². The van der Waals surface area contributed by atoms with Crippen molar-refractivity contribution >= 4 is 39.1 Å². The summed E-state index contributed by atoms with van der Waals surface area (Å²) in [5.41, 5.74) is 1.25. The second-order valence-corrected chi connectivity index (χ2v) is 9.52. The van der Waals surface area contributed by atoms with Crippen LogP contribution < -0.4 is 10.6 Å². The molecular formula is C14H24N4O2S3. The van der Waals surface area contributed by atoms with Gasteiger partial charge in [0.15, 0.2) is 5.96 Å². The third-order valence-electron chi connectivity index (χ3n) is 3.62. The summed E-state index contributed by atoms with van der Waals surface area (Å²) in [6.07, 6.45) is 0. The Morgan fingerprint density at radius 1 is 1.35 bits per heavy atom. The summed E-state index contributed by atoms with van der Waals surface area (Å²) in [5, 5.41) is 8.36. The van der Waals surface area contributed by atoms with Crippen LogP contribution in [0.15, 0.2) is 16.4 Å². The number of thiophene rings is 1. The van der Waals surface area contributed by atoms with E-state index in [2.05, 4.69) is 34.0 Å². The summed E-state index contributed by atoms with van der Waals surface area (Å²) in [6.45, 7) is 4.37. The van der Waals surface area contributed by atoms with Crippen LogP contribution in [-0.4, -0.2) is 62.6 Å². The predicted octanol–water partition coefficient (Wildman–Crippen LogP) is 1.10. The molecule has 0 unspecified atom stereocenters. The summed E-state index contributed by atoms with van der Waals surface area (Å²) in [5.74, 6) is 2.49. The van der Waals surface area contributed by atoms with E-state index in [0.29, 0.717) is 32.1 Å². The summed E-state index contributed by atoms with van der Waals surface area (Å²) in [6, 6.07) is 2.08. The number of hydrogen-bond acceptors (Lipinski definition) is 5. The molecule has 0 radical (unpaired) electrons. The monoisotopic (exact) mass is 376 g/mol. The minimum atomic E-state index is -3.18. The zero-order valence-electron chi connectivity index (χ0n) is 13.5. The second-order valence-electron chi connectivity index (χ2n) is 5.21. The topological polar surface area (TPSA) is 73.8 Å². The molecule has 1 aliphatic heterocycles. The van der Waals surface area contributed by atoms with Crippen LogP contribution in [0.2, 0.25) is 0 Å². The molecule has 2 rings (SSSR count). The minimum absolute atomic E-state index is 0.0936. The van der Waals surface area contributed by atoms with E-state index >= 15 is 0 Å². The Balaban J connectivity index is 1.76. The molecule has 1 aliphatic rings. The molecule has 0 bridgehead atoms. The molecule has 9 heteroatoms. The van der Waals surface area contributed by atoms with Gasteiger partial charge in [0.1, 0.15) is 0 Å². The highest BCUT2D eigenvalue weighted by Gasteiger charge is 2.23. The fraction of sp³-hybridized carbons (Fsp3) is 0.643. The molecule has 1 fully saturated rings. The maximum absolute atomic E-state index is 12.3. The fourth-order valence-electron chi connectivity index (χ4n) is 2.22. The molecule has 1 aromatic heterocycles. The molecule has 0 aliphatic carbocycles. The van der Waals surface area contributed by atoms with Crippen molar-refractivity contribution in [3.05, 3.63) is 21.9 Å². The van der Waals surface area contributed by atoms with Gasteiger partial charge in [-0.15, -0.1) is 11.3 Å². The molecule has 2 heterocycles. The lowest BCUT2D eigenvalue weighted by Crippen LogP contribution is -2.44. The van der Waals surface area contributed by atoms with Crippen molar-refractivity contribution in [2.45, 2.75) is 13.5 Å².